The first-order valence-corrected chi connectivity index (χ1v) is 9.79. The van der Waals surface area contributed by atoms with Gasteiger partial charge in [0.25, 0.3) is 0 Å². The molecule has 0 spiro atoms. The van der Waals surface area contributed by atoms with E-state index in [9.17, 15) is 5.11 Å². The molecule has 3 heterocycles. The van der Waals surface area contributed by atoms with Crippen molar-refractivity contribution in [1.29, 1.82) is 0 Å². The van der Waals surface area contributed by atoms with Gasteiger partial charge < -0.3 is 9.84 Å². The number of hydrogen-bond donors (Lipinski definition) is 1. The molecular formula is C18H30N2O2S. The number of thiophene rings is 1. The molecule has 2 fully saturated rings. The zero-order chi connectivity index (χ0) is 16.1. The summed E-state index contributed by atoms with van der Waals surface area (Å²) in [7, 11) is 1.75. The Hall–Kier alpha value is -0.460. The van der Waals surface area contributed by atoms with Crippen LogP contribution in [0.1, 0.15) is 37.0 Å². The number of aliphatic hydroxyl groups is 1. The van der Waals surface area contributed by atoms with E-state index >= 15 is 0 Å². The molecule has 1 aromatic heterocycles. The van der Waals surface area contributed by atoms with E-state index in [4.69, 9.17) is 4.74 Å². The van der Waals surface area contributed by atoms with Crippen LogP contribution in [-0.4, -0.2) is 66.4 Å². The smallest absolute Gasteiger partial charge is 0.0928 e. The molecule has 4 nitrogen and oxygen atoms in total. The van der Waals surface area contributed by atoms with Gasteiger partial charge in [-0.15, -0.1) is 11.3 Å². The Labute approximate surface area is 144 Å². The fourth-order valence-corrected chi connectivity index (χ4v) is 5.00. The van der Waals surface area contributed by atoms with Crippen LogP contribution in [0.4, 0.5) is 0 Å². The molecule has 0 aromatic carbocycles. The number of nitrogens with zero attached hydrogens (tertiary/aromatic N) is 2. The van der Waals surface area contributed by atoms with E-state index in [2.05, 4.69) is 27.3 Å². The Morgan fingerprint density at radius 1 is 1.39 bits per heavy atom. The summed E-state index contributed by atoms with van der Waals surface area (Å²) in [5, 5.41) is 13.6. The maximum absolute atomic E-state index is 11.4. The average molecular weight is 339 g/mol. The Morgan fingerprint density at radius 2 is 2.26 bits per heavy atom. The molecule has 1 aromatic rings. The van der Waals surface area contributed by atoms with Crippen molar-refractivity contribution in [2.75, 3.05) is 39.9 Å². The van der Waals surface area contributed by atoms with Crippen LogP contribution < -0.4 is 0 Å². The zero-order valence-corrected chi connectivity index (χ0v) is 15.1. The van der Waals surface area contributed by atoms with E-state index in [1.54, 1.807) is 18.4 Å². The second-order valence-electron chi connectivity index (χ2n) is 7.04. The van der Waals surface area contributed by atoms with Crippen LogP contribution in [0.25, 0.3) is 0 Å². The lowest BCUT2D eigenvalue weighted by atomic mass is 9.79. The Bertz CT molecular complexity index is 466. The van der Waals surface area contributed by atoms with E-state index < -0.39 is 5.60 Å². The minimum atomic E-state index is -0.566. The fraction of sp³-hybridized carbons (Fsp3) is 0.778. The van der Waals surface area contributed by atoms with Gasteiger partial charge in [-0.3, -0.25) is 9.80 Å². The normalized spacial score (nSPS) is 28.9. The summed E-state index contributed by atoms with van der Waals surface area (Å²) in [6.45, 7) is 5.59. The summed E-state index contributed by atoms with van der Waals surface area (Å²) in [4.78, 5) is 6.28. The molecule has 1 N–H and O–H groups in total. The van der Waals surface area contributed by atoms with Crippen molar-refractivity contribution in [2.45, 2.75) is 50.3 Å². The molecule has 2 aliphatic heterocycles. The molecule has 0 radical (unpaired) electrons. The highest BCUT2D eigenvalue weighted by Gasteiger charge is 2.44. The molecule has 0 amide bonds. The molecule has 0 aliphatic carbocycles. The minimum absolute atomic E-state index is 0.346. The van der Waals surface area contributed by atoms with Crippen LogP contribution in [-0.2, 0) is 11.3 Å². The van der Waals surface area contributed by atoms with Crippen LogP contribution >= 0.6 is 11.3 Å². The van der Waals surface area contributed by atoms with E-state index in [0.29, 0.717) is 6.04 Å². The van der Waals surface area contributed by atoms with Crippen LogP contribution in [0.2, 0.25) is 0 Å². The highest BCUT2D eigenvalue weighted by atomic mass is 32.1. The minimum Gasteiger partial charge on any atom is -0.387 e. The van der Waals surface area contributed by atoms with Gasteiger partial charge in [0, 0.05) is 37.7 Å². The summed E-state index contributed by atoms with van der Waals surface area (Å²) in [6, 6.07) is 4.63. The van der Waals surface area contributed by atoms with E-state index in [0.717, 1.165) is 58.6 Å². The van der Waals surface area contributed by atoms with Crippen molar-refractivity contribution >= 4 is 11.3 Å². The predicted molar refractivity (Wildman–Crippen MR) is 94.9 cm³/mol. The van der Waals surface area contributed by atoms with Gasteiger partial charge in [0.2, 0.25) is 0 Å². The molecule has 2 atom stereocenters. The van der Waals surface area contributed by atoms with Crippen LogP contribution in [0.3, 0.4) is 0 Å². The van der Waals surface area contributed by atoms with Crippen molar-refractivity contribution in [1.82, 2.24) is 9.80 Å². The summed E-state index contributed by atoms with van der Waals surface area (Å²) in [5.41, 5.74) is -0.566. The number of rotatable bonds is 7. The summed E-state index contributed by atoms with van der Waals surface area (Å²) in [6.07, 6.45) is 5.74. The van der Waals surface area contributed by atoms with Gasteiger partial charge >= 0.3 is 0 Å². The van der Waals surface area contributed by atoms with Crippen LogP contribution in [0, 0.1) is 0 Å². The molecule has 3 rings (SSSR count). The number of methoxy groups -OCH3 is 1. The summed E-state index contributed by atoms with van der Waals surface area (Å²) >= 11 is 1.79. The monoisotopic (exact) mass is 338 g/mol. The molecule has 130 valence electrons. The number of fused-ring (bicyclic) bond motifs is 1. The van der Waals surface area contributed by atoms with Gasteiger partial charge in [-0.25, -0.2) is 0 Å². The SMILES string of the molecule is COCCN(Cc1cccs1)C[C@]1(O)CCCN2CCCC[C@@H]21. The highest BCUT2D eigenvalue weighted by Crippen LogP contribution is 2.35. The average Bonchev–Trinajstić information content (AvgIpc) is 3.06. The molecule has 0 saturated carbocycles. The van der Waals surface area contributed by atoms with Gasteiger partial charge in [0.15, 0.2) is 0 Å². The van der Waals surface area contributed by atoms with Crippen molar-refractivity contribution in [2.24, 2.45) is 0 Å². The van der Waals surface area contributed by atoms with Gasteiger partial charge in [-0.05, 0) is 50.2 Å². The van der Waals surface area contributed by atoms with Crippen molar-refractivity contribution in [3.63, 3.8) is 0 Å². The standard InChI is InChI=1S/C18H30N2O2S/c1-22-12-11-19(14-16-6-4-13-23-16)15-18(21)8-5-10-20-9-3-2-7-17(18)20/h4,6,13,17,21H,2-3,5,7-12,14-15H2,1H3/t17-,18-/m1/s1. The lowest BCUT2D eigenvalue weighted by Crippen LogP contribution is -2.62. The topological polar surface area (TPSA) is 35.9 Å². The third kappa shape index (κ3) is 4.34. The van der Waals surface area contributed by atoms with E-state index in [1.165, 1.54) is 17.7 Å². The molecule has 2 aliphatic rings. The van der Waals surface area contributed by atoms with E-state index in [1.807, 2.05) is 0 Å². The maximum Gasteiger partial charge on any atom is 0.0928 e. The van der Waals surface area contributed by atoms with Crippen molar-refractivity contribution in [3.8, 4) is 0 Å². The number of ether oxygens (including phenoxy) is 1. The van der Waals surface area contributed by atoms with Crippen molar-refractivity contribution in [3.05, 3.63) is 22.4 Å². The second-order valence-corrected chi connectivity index (χ2v) is 8.07. The Balaban J connectivity index is 1.68. The molecular weight excluding hydrogens is 308 g/mol. The fourth-order valence-electron chi connectivity index (χ4n) is 4.25. The summed E-state index contributed by atoms with van der Waals surface area (Å²) < 4.78 is 5.29. The van der Waals surface area contributed by atoms with Crippen LogP contribution in [0.5, 0.6) is 0 Å². The van der Waals surface area contributed by atoms with Gasteiger partial charge in [0.05, 0.1) is 12.2 Å². The predicted octanol–water partition coefficient (Wildman–Crippen LogP) is 2.58. The van der Waals surface area contributed by atoms with Crippen LogP contribution in [0.15, 0.2) is 17.5 Å². The highest BCUT2D eigenvalue weighted by molar-refractivity contribution is 7.09. The zero-order valence-electron chi connectivity index (χ0n) is 14.2. The lowest BCUT2D eigenvalue weighted by Gasteiger charge is -2.50. The largest absolute Gasteiger partial charge is 0.387 e. The first-order chi connectivity index (χ1) is 11.2. The van der Waals surface area contributed by atoms with Gasteiger partial charge in [-0.1, -0.05) is 12.5 Å². The first kappa shape index (κ1) is 17.4. The molecule has 5 heteroatoms. The third-order valence-electron chi connectivity index (χ3n) is 5.36. The number of piperidine rings is 2. The third-order valence-corrected chi connectivity index (χ3v) is 6.22. The first-order valence-electron chi connectivity index (χ1n) is 8.91. The Morgan fingerprint density at radius 3 is 3.04 bits per heavy atom. The maximum atomic E-state index is 11.4. The molecule has 0 unspecified atom stereocenters. The molecule has 2 saturated heterocycles. The lowest BCUT2D eigenvalue weighted by molar-refractivity contribution is -0.111. The quantitative estimate of drug-likeness (QED) is 0.829. The number of hydrogen-bond acceptors (Lipinski definition) is 5. The summed E-state index contributed by atoms with van der Waals surface area (Å²) in [5.74, 6) is 0. The van der Waals surface area contributed by atoms with E-state index in [-0.39, 0.29) is 0 Å². The Kier molecular flexibility index (Phi) is 6.10. The van der Waals surface area contributed by atoms with Gasteiger partial charge in [-0.2, -0.15) is 0 Å². The second kappa shape index (κ2) is 8.08. The molecule has 0 bridgehead atoms. The van der Waals surface area contributed by atoms with Crippen molar-refractivity contribution < 1.29 is 9.84 Å². The van der Waals surface area contributed by atoms with Gasteiger partial charge in [0.1, 0.15) is 0 Å². The molecule has 23 heavy (non-hydrogen) atoms.